The van der Waals surface area contributed by atoms with E-state index in [0.717, 1.165) is 27.5 Å². The zero-order valence-corrected chi connectivity index (χ0v) is 15.8. The van der Waals surface area contributed by atoms with Crippen LogP contribution in [0.25, 0.3) is 10.8 Å². The van der Waals surface area contributed by atoms with Crippen molar-refractivity contribution >= 4 is 16.7 Å². The second kappa shape index (κ2) is 8.10. The van der Waals surface area contributed by atoms with Gasteiger partial charge < -0.3 is 4.74 Å². The smallest absolute Gasteiger partial charge is 0.314 e. The molecule has 4 rings (SSSR count). The van der Waals surface area contributed by atoms with E-state index in [9.17, 15) is 4.79 Å². The molecule has 4 aromatic carbocycles. The zero-order valence-electron chi connectivity index (χ0n) is 15.8. The average Bonchev–Trinajstić information content (AvgIpc) is 2.77. The molecule has 2 nitrogen and oxygen atoms in total. The van der Waals surface area contributed by atoms with E-state index in [1.807, 2.05) is 91.9 Å². The molecular weight excluding hydrogens is 344 g/mol. The van der Waals surface area contributed by atoms with E-state index in [1.54, 1.807) is 0 Å². The number of esters is 1. The van der Waals surface area contributed by atoms with Crippen molar-refractivity contribution in [3.05, 3.63) is 120 Å². The largest absolute Gasteiger partial charge is 0.452 e. The molecule has 0 saturated heterocycles. The van der Waals surface area contributed by atoms with Gasteiger partial charge in [0.2, 0.25) is 0 Å². The Morgan fingerprint density at radius 1 is 0.679 bits per heavy atom. The van der Waals surface area contributed by atoms with Crippen molar-refractivity contribution in [3.8, 4) is 0 Å². The quantitative estimate of drug-likeness (QED) is 0.389. The van der Waals surface area contributed by atoms with Crippen LogP contribution in [0.3, 0.4) is 0 Å². The first kappa shape index (κ1) is 18.0. The van der Waals surface area contributed by atoms with Crippen LogP contribution >= 0.6 is 0 Å². The van der Waals surface area contributed by atoms with Crippen molar-refractivity contribution in [1.82, 2.24) is 0 Å². The van der Waals surface area contributed by atoms with Gasteiger partial charge in [-0.05, 0) is 34.4 Å². The molecule has 28 heavy (non-hydrogen) atoms. The van der Waals surface area contributed by atoms with Gasteiger partial charge >= 0.3 is 5.97 Å². The van der Waals surface area contributed by atoms with Crippen molar-refractivity contribution in [1.29, 1.82) is 0 Å². The van der Waals surface area contributed by atoms with Gasteiger partial charge in [0, 0.05) is 0 Å². The molecule has 1 atom stereocenters. The molecule has 138 valence electrons. The summed E-state index contributed by atoms with van der Waals surface area (Å²) >= 11 is 0. The summed E-state index contributed by atoms with van der Waals surface area (Å²) in [7, 11) is 0. The number of carbonyl (C=O) groups is 1. The number of carbonyl (C=O) groups excluding carboxylic acids is 1. The normalized spacial score (nSPS) is 12.1. The summed E-state index contributed by atoms with van der Waals surface area (Å²) in [6.45, 7) is 1.91. The van der Waals surface area contributed by atoms with Crippen LogP contribution in [-0.2, 0) is 9.53 Å². The van der Waals surface area contributed by atoms with Crippen LogP contribution < -0.4 is 0 Å². The molecular formula is C26H22O2. The number of benzene rings is 4. The van der Waals surface area contributed by atoms with Crippen LogP contribution in [0, 0.1) is 0 Å². The first-order chi connectivity index (χ1) is 13.7. The fourth-order valence-electron chi connectivity index (χ4n) is 3.56. The lowest BCUT2D eigenvalue weighted by atomic mass is 9.94. The Labute approximate surface area is 165 Å². The third-order valence-corrected chi connectivity index (χ3v) is 5.08. The minimum absolute atomic E-state index is 0.228. The standard InChI is InChI=1S/C26H22O2/c1-19(23-18-10-16-20-11-8-9-17-24(20)23)26(27)28-25(21-12-4-2-5-13-21)22-14-6-3-7-15-22/h2-19,25H,1H3/t19-/m0/s1. The van der Waals surface area contributed by atoms with E-state index >= 15 is 0 Å². The monoisotopic (exact) mass is 366 g/mol. The summed E-state index contributed by atoms with van der Waals surface area (Å²) in [6.07, 6.45) is -0.424. The van der Waals surface area contributed by atoms with Gasteiger partial charge in [-0.1, -0.05) is 103 Å². The van der Waals surface area contributed by atoms with Gasteiger partial charge in [0.15, 0.2) is 6.10 Å². The third-order valence-electron chi connectivity index (χ3n) is 5.08. The number of hydrogen-bond acceptors (Lipinski definition) is 2. The second-order valence-electron chi connectivity index (χ2n) is 6.93. The molecule has 0 aliphatic rings. The van der Waals surface area contributed by atoms with E-state index in [1.165, 1.54) is 0 Å². The predicted molar refractivity (Wildman–Crippen MR) is 113 cm³/mol. The predicted octanol–water partition coefficient (Wildman–Crippen LogP) is 6.28. The lowest BCUT2D eigenvalue weighted by Crippen LogP contribution is -2.18. The SMILES string of the molecule is C[C@H](C(=O)OC(c1ccccc1)c1ccccc1)c1cccc2ccccc12. The van der Waals surface area contributed by atoms with Crippen molar-refractivity contribution in [2.24, 2.45) is 0 Å². The summed E-state index contributed by atoms with van der Waals surface area (Å²) in [6, 6.07) is 34.0. The second-order valence-corrected chi connectivity index (χ2v) is 6.93. The maximum Gasteiger partial charge on any atom is 0.314 e. The fraction of sp³-hybridized carbons (Fsp3) is 0.115. The van der Waals surface area contributed by atoms with Crippen molar-refractivity contribution in [2.45, 2.75) is 18.9 Å². The Morgan fingerprint density at radius 3 is 1.86 bits per heavy atom. The molecule has 0 N–H and O–H groups in total. The summed E-state index contributed by atoms with van der Waals surface area (Å²) in [5.41, 5.74) is 2.92. The molecule has 0 amide bonds. The molecule has 0 aliphatic carbocycles. The summed E-state index contributed by atoms with van der Waals surface area (Å²) < 4.78 is 6.05. The molecule has 0 aromatic heterocycles. The molecule has 0 saturated carbocycles. The van der Waals surface area contributed by atoms with Crippen LogP contribution in [0.15, 0.2) is 103 Å². The van der Waals surface area contributed by atoms with Gasteiger partial charge in [0.1, 0.15) is 0 Å². The van der Waals surface area contributed by atoms with Gasteiger partial charge in [-0.2, -0.15) is 0 Å². The summed E-state index contributed by atoms with van der Waals surface area (Å²) in [4.78, 5) is 13.1. The molecule has 0 bridgehead atoms. The molecule has 0 radical (unpaired) electrons. The van der Waals surface area contributed by atoms with Crippen LogP contribution in [0.2, 0.25) is 0 Å². The summed E-state index contributed by atoms with van der Waals surface area (Å²) in [5, 5.41) is 2.22. The van der Waals surface area contributed by atoms with Crippen molar-refractivity contribution in [3.63, 3.8) is 0 Å². The Hall–Kier alpha value is -3.39. The highest BCUT2D eigenvalue weighted by molar-refractivity contribution is 5.91. The van der Waals surface area contributed by atoms with Crippen LogP contribution in [0.1, 0.15) is 35.6 Å². The van der Waals surface area contributed by atoms with Gasteiger partial charge in [0.25, 0.3) is 0 Å². The number of ether oxygens (including phenoxy) is 1. The van der Waals surface area contributed by atoms with Crippen LogP contribution in [0.4, 0.5) is 0 Å². The highest BCUT2D eigenvalue weighted by Crippen LogP contribution is 2.31. The Bertz CT molecular complexity index is 1030. The maximum absolute atomic E-state index is 13.1. The summed E-state index contributed by atoms with van der Waals surface area (Å²) in [5.74, 6) is -0.588. The molecule has 0 spiro atoms. The first-order valence-corrected chi connectivity index (χ1v) is 9.52. The molecule has 0 fully saturated rings. The lowest BCUT2D eigenvalue weighted by molar-refractivity contribution is -0.149. The van der Waals surface area contributed by atoms with Gasteiger partial charge in [-0.25, -0.2) is 0 Å². The van der Waals surface area contributed by atoms with Gasteiger partial charge in [0.05, 0.1) is 5.92 Å². The highest BCUT2D eigenvalue weighted by atomic mass is 16.5. The number of hydrogen-bond donors (Lipinski definition) is 0. The molecule has 4 aromatic rings. The topological polar surface area (TPSA) is 26.3 Å². The lowest BCUT2D eigenvalue weighted by Gasteiger charge is -2.22. The molecule has 0 aliphatic heterocycles. The number of rotatable bonds is 5. The number of fused-ring (bicyclic) bond motifs is 1. The van der Waals surface area contributed by atoms with E-state index < -0.39 is 6.10 Å². The Kier molecular flexibility index (Phi) is 5.20. The molecule has 0 unspecified atom stereocenters. The fourth-order valence-corrected chi connectivity index (χ4v) is 3.56. The van der Waals surface area contributed by atoms with Crippen molar-refractivity contribution < 1.29 is 9.53 Å². The van der Waals surface area contributed by atoms with Gasteiger partial charge in [-0.3, -0.25) is 4.79 Å². The molecule has 2 heteroatoms. The van der Waals surface area contributed by atoms with Gasteiger partial charge in [-0.15, -0.1) is 0 Å². The third kappa shape index (κ3) is 3.67. The maximum atomic E-state index is 13.1. The molecule has 0 heterocycles. The minimum Gasteiger partial charge on any atom is -0.452 e. The van der Waals surface area contributed by atoms with E-state index in [2.05, 4.69) is 18.2 Å². The zero-order chi connectivity index (χ0) is 19.3. The van der Waals surface area contributed by atoms with E-state index in [-0.39, 0.29) is 11.9 Å². The van der Waals surface area contributed by atoms with E-state index in [0.29, 0.717) is 0 Å². The van der Waals surface area contributed by atoms with Crippen LogP contribution in [0.5, 0.6) is 0 Å². The Morgan fingerprint density at radius 2 is 1.21 bits per heavy atom. The highest BCUT2D eigenvalue weighted by Gasteiger charge is 2.24. The first-order valence-electron chi connectivity index (χ1n) is 9.52. The average molecular weight is 366 g/mol. The minimum atomic E-state index is -0.424. The Balaban J connectivity index is 1.66. The van der Waals surface area contributed by atoms with E-state index in [4.69, 9.17) is 4.74 Å². The van der Waals surface area contributed by atoms with Crippen LogP contribution in [-0.4, -0.2) is 5.97 Å². The van der Waals surface area contributed by atoms with Crippen molar-refractivity contribution in [2.75, 3.05) is 0 Å².